The summed E-state index contributed by atoms with van der Waals surface area (Å²) in [5, 5.41) is -0.542. The van der Waals surface area contributed by atoms with Crippen LogP contribution in [0.15, 0.2) is 18.2 Å². The fraction of sp³-hybridized carbons (Fsp3) is 0.125. The van der Waals surface area contributed by atoms with Gasteiger partial charge in [0.25, 0.3) is 0 Å². The first kappa shape index (κ1) is 11.8. The third-order valence-corrected chi connectivity index (χ3v) is 2.50. The molecule has 76 valence electrons. The zero-order valence-corrected chi connectivity index (χ0v) is 9.44. The highest BCUT2D eigenvalue weighted by Crippen LogP contribution is 2.36. The summed E-state index contributed by atoms with van der Waals surface area (Å²) in [7, 11) is 0. The quantitative estimate of drug-likeness (QED) is 0.562. The van der Waals surface area contributed by atoms with Crippen molar-refractivity contribution in [2.24, 2.45) is 0 Å². The van der Waals surface area contributed by atoms with Gasteiger partial charge in [-0.05, 0) is 12.1 Å². The number of hydrogen-bond donors (Lipinski definition) is 0. The lowest BCUT2D eigenvalue weighted by atomic mass is 10.1. The summed E-state index contributed by atoms with van der Waals surface area (Å²) in [5.41, 5.74) is -1.11. The van der Waals surface area contributed by atoms with Crippen LogP contribution in [0.1, 0.15) is 15.9 Å². The average Bonchev–Trinajstić information content (AvgIpc) is 2.01. The van der Waals surface area contributed by atoms with E-state index in [-0.39, 0.29) is 5.56 Å². The van der Waals surface area contributed by atoms with E-state index < -0.39 is 20.6 Å². The van der Waals surface area contributed by atoms with E-state index in [2.05, 4.69) is 0 Å². The van der Waals surface area contributed by atoms with Crippen LogP contribution in [0.3, 0.4) is 0 Å². The van der Waals surface area contributed by atoms with Crippen LogP contribution < -0.4 is 0 Å². The second kappa shape index (κ2) is 4.06. The molecule has 0 spiro atoms. The van der Waals surface area contributed by atoms with E-state index in [9.17, 15) is 18.0 Å². The number of carbonyl (C=O) groups is 1. The Balaban J connectivity index is 3.35. The molecule has 6 heteroatoms. The van der Waals surface area contributed by atoms with Gasteiger partial charge in [-0.3, -0.25) is 4.79 Å². The van der Waals surface area contributed by atoms with Crippen molar-refractivity contribution in [3.63, 3.8) is 0 Å². The maximum Gasteiger partial charge on any atom is 0.417 e. The normalized spacial score (nSPS) is 11.5. The predicted octanol–water partition coefficient (Wildman–Crippen LogP) is 3.93. The zero-order valence-electron chi connectivity index (χ0n) is 6.53. The van der Waals surface area contributed by atoms with Crippen molar-refractivity contribution in [3.05, 3.63) is 34.3 Å². The van der Waals surface area contributed by atoms with Crippen LogP contribution >= 0.6 is 34.2 Å². The number of hydrogen-bond acceptors (Lipinski definition) is 1. The number of carbonyl (C=O) groups excluding carboxylic acids is 1. The molecule has 0 aromatic heterocycles. The van der Waals surface area contributed by atoms with E-state index in [4.69, 9.17) is 11.6 Å². The summed E-state index contributed by atoms with van der Waals surface area (Å²) in [6.45, 7) is 0. The second-order valence-corrected chi connectivity index (χ2v) is 3.80. The molecule has 0 aliphatic heterocycles. The molecule has 0 bridgehead atoms. The Hall–Kier alpha value is -0.300. The fourth-order valence-corrected chi connectivity index (χ4v) is 1.83. The smallest absolute Gasteiger partial charge is 0.282 e. The molecule has 0 unspecified atom stereocenters. The second-order valence-electron chi connectivity index (χ2n) is 2.44. The Morgan fingerprint density at radius 3 is 2.36 bits per heavy atom. The van der Waals surface area contributed by atoms with E-state index in [1.807, 2.05) is 0 Å². The van der Waals surface area contributed by atoms with Crippen molar-refractivity contribution in [3.8, 4) is 0 Å². The first-order valence-corrected chi connectivity index (χ1v) is 4.85. The largest absolute Gasteiger partial charge is 0.417 e. The molecular formula is C8H3ClF3IO. The molecule has 0 heterocycles. The van der Waals surface area contributed by atoms with Crippen molar-refractivity contribution < 1.29 is 18.0 Å². The topological polar surface area (TPSA) is 17.1 Å². The fourth-order valence-electron chi connectivity index (χ4n) is 0.903. The molecule has 0 saturated heterocycles. The summed E-state index contributed by atoms with van der Waals surface area (Å²) in [4.78, 5) is 10.9. The number of halogens is 5. The van der Waals surface area contributed by atoms with Crippen molar-refractivity contribution in [2.45, 2.75) is 6.18 Å². The van der Waals surface area contributed by atoms with Gasteiger partial charge in [-0.25, -0.2) is 0 Å². The minimum Gasteiger partial charge on any atom is -0.282 e. The lowest BCUT2D eigenvalue weighted by molar-refractivity contribution is -0.137. The van der Waals surface area contributed by atoms with Crippen LogP contribution in [0.5, 0.6) is 0 Å². The van der Waals surface area contributed by atoms with Gasteiger partial charge in [-0.15, -0.1) is 0 Å². The minimum atomic E-state index is -4.53. The van der Waals surface area contributed by atoms with Crippen LogP contribution in [0.2, 0.25) is 5.02 Å². The molecule has 0 atom stereocenters. The van der Waals surface area contributed by atoms with Crippen LogP contribution in [-0.4, -0.2) is 3.79 Å². The van der Waals surface area contributed by atoms with Gasteiger partial charge in [0.05, 0.1) is 10.6 Å². The molecule has 1 rings (SSSR count). The summed E-state index contributed by atoms with van der Waals surface area (Å²) in [6.07, 6.45) is -4.53. The van der Waals surface area contributed by atoms with E-state index >= 15 is 0 Å². The molecule has 14 heavy (non-hydrogen) atoms. The molecule has 1 aromatic rings. The molecule has 1 aromatic carbocycles. The molecule has 0 N–H and O–H groups in total. The van der Waals surface area contributed by atoms with Crippen molar-refractivity contribution >= 4 is 38.0 Å². The Labute approximate surface area is 96.4 Å². The highest BCUT2D eigenvalue weighted by molar-refractivity contribution is 14.1. The van der Waals surface area contributed by atoms with Gasteiger partial charge in [-0.2, -0.15) is 13.2 Å². The number of rotatable bonds is 1. The van der Waals surface area contributed by atoms with Crippen LogP contribution in [-0.2, 0) is 6.18 Å². The predicted molar refractivity (Wildman–Crippen MR) is 54.8 cm³/mol. The van der Waals surface area contributed by atoms with E-state index in [1.165, 1.54) is 28.7 Å². The standard InChI is InChI=1S/C8H3ClF3IO/c9-6-4(7(13)14)2-1-3-5(6)8(10,11)12/h1-3H. The molecule has 0 aliphatic rings. The lowest BCUT2D eigenvalue weighted by Gasteiger charge is -2.09. The van der Waals surface area contributed by atoms with Crippen molar-refractivity contribution in [1.82, 2.24) is 0 Å². The number of benzene rings is 1. The van der Waals surface area contributed by atoms with Crippen LogP contribution in [0.4, 0.5) is 13.2 Å². The van der Waals surface area contributed by atoms with E-state index in [0.717, 1.165) is 12.1 Å². The molecule has 0 fully saturated rings. The Bertz CT molecular complexity index is 375. The van der Waals surface area contributed by atoms with Gasteiger partial charge in [0.2, 0.25) is 3.79 Å². The maximum atomic E-state index is 12.3. The summed E-state index contributed by atoms with van der Waals surface area (Å²) < 4.78 is 36.4. The first-order chi connectivity index (χ1) is 6.34. The van der Waals surface area contributed by atoms with Gasteiger partial charge < -0.3 is 0 Å². The Morgan fingerprint density at radius 2 is 1.93 bits per heavy atom. The molecular weight excluding hydrogens is 331 g/mol. The minimum absolute atomic E-state index is 0.123. The highest BCUT2D eigenvalue weighted by atomic mass is 127. The van der Waals surface area contributed by atoms with Gasteiger partial charge in [-0.1, -0.05) is 17.7 Å². The Morgan fingerprint density at radius 1 is 1.36 bits per heavy atom. The third kappa shape index (κ3) is 2.38. The van der Waals surface area contributed by atoms with Crippen molar-refractivity contribution in [2.75, 3.05) is 0 Å². The monoisotopic (exact) mass is 334 g/mol. The average molecular weight is 334 g/mol. The summed E-state index contributed by atoms with van der Waals surface area (Å²) >= 11 is 6.83. The van der Waals surface area contributed by atoms with Gasteiger partial charge in [0, 0.05) is 28.2 Å². The zero-order chi connectivity index (χ0) is 10.9. The first-order valence-electron chi connectivity index (χ1n) is 3.39. The lowest BCUT2D eigenvalue weighted by Crippen LogP contribution is -2.07. The van der Waals surface area contributed by atoms with Gasteiger partial charge in [0.15, 0.2) is 0 Å². The molecule has 1 nitrogen and oxygen atoms in total. The van der Waals surface area contributed by atoms with Crippen molar-refractivity contribution in [1.29, 1.82) is 0 Å². The molecule has 0 amide bonds. The van der Waals surface area contributed by atoms with Gasteiger partial charge in [0.1, 0.15) is 0 Å². The Kier molecular flexibility index (Phi) is 3.41. The molecule has 0 saturated carbocycles. The highest BCUT2D eigenvalue weighted by Gasteiger charge is 2.34. The SMILES string of the molecule is O=C(I)c1cccc(C(F)(F)F)c1Cl. The van der Waals surface area contributed by atoms with Crippen LogP contribution in [0, 0.1) is 0 Å². The van der Waals surface area contributed by atoms with Gasteiger partial charge >= 0.3 is 6.18 Å². The third-order valence-electron chi connectivity index (χ3n) is 1.52. The number of alkyl halides is 3. The summed E-state index contributed by atoms with van der Waals surface area (Å²) in [6, 6.07) is 3.25. The van der Waals surface area contributed by atoms with E-state index in [1.54, 1.807) is 0 Å². The molecule has 0 aliphatic carbocycles. The maximum absolute atomic E-state index is 12.3. The summed E-state index contributed by atoms with van der Waals surface area (Å²) in [5.74, 6) is 0. The van der Waals surface area contributed by atoms with E-state index in [0.29, 0.717) is 0 Å². The molecule has 0 radical (unpaired) electrons. The van der Waals surface area contributed by atoms with Crippen LogP contribution in [0.25, 0.3) is 0 Å².